The van der Waals surface area contributed by atoms with Crippen molar-refractivity contribution in [3.63, 3.8) is 0 Å². The molecule has 1 aliphatic rings. The quantitative estimate of drug-likeness (QED) is 0.860. The van der Waals surface area contributed by atoms with Gasteiger partial charge in [0.25, 0.3) is 0 Å². The number of hydrogen-bond donors (Lipinski definition) is 2. The second kappa shape index (κ2) is 4.47. The molecule has 2 rings (SSSR count). The van der Waals surface area contributed by atoms with Gasteiger partial charge in [-0.25, -0.2) is 8.42 Å². The first-order valence-electron chi connectivity index (χ1n) is 5.63. The molecule has 0 saturated heterocycles. The largest absolute Gasteiger partial charge is 0.481 e. The molecule has 7 heteroatoms. The molecular formula is C12H14ClNO4S. The molecule has 1 aromatic rings. The Labute approximate surface area is 116 Å². The fourth-order valence-electron chi connectivity index (χ4n) is 2.79. The van der Waals surface area contributed by atoms with E-state index < -0.39 is 32.4 Å². The Morgan fingerprint density at radius 3 is 2.53 bits per heavy atom. The van der Waals surface area contributed by atoms with Crippen molar-refractivity contribution >= 4 is 27.4 Å². The molecule has 0 amide bonds. The Bertz CT molecular complexity index is 630. The normalized spacial score (nSPS) is 30.1. The SMILES string of the molecule is CS(=O)(=O)[C@@H]1[C@H](c2cccc(Cl)c2)[C@]1(CN)C(=O)O. The summed E-state index contributed by atoms with van der Waals surface area (Å²) in [5.41, 5.74) is 4.69. The maximum absolute atomic E-state index is 11.8. The molecule has 0 bridgehead atoms. The summed E-state index contributed by atoms with van der Waals surface area (Å²) in [5, 5.41) is 8.80. The molecule has 1 saturated carbocycles. The summed E-state index contributed by atoms with van der Waals surface area (Å²) in [7, 11) is -3.51. The van der Waals surface area contributed by atoms with Crippen LogP contribution in [0.4, 0.5) is 0 Å². The lowest BCUT2D eigenvalue weighted by molar-refractivity contribution is -0.143. The number of hydrogen-bond acceptors (Lipinski definition) is 4. The molecule has 5 nitrogen and oxygen atoms in total. The fraction of sp³-hybridized carbons (Fsp3) is 0.417. The number of nitrogens with two attached hydrogens (primary N) is 1. The topological polar surface area (TPSA) is 97.5 Å². The summed E-state index contributed by atoms with van der Waals surface area (Å²) in [5.74, 6) is -1.83. The van der Waals surface area contributed by atoms with Crippen molar-refractivity contribution in [3.05, 3.63) is 34.9 Å². The smallest absolute Gasteiger partial charge is 0.312 e. The van der Waals surface area contributed by atoms with Gasteiger partial charge in [0.1, 0.15) is 5.41 Å². The zero-order valence-corrected chi connectivity index (χ0v) is 11.8. The minimum absolute atomic E-state index is 0.225. The molecule has 104 valence electrons. The van der Waals surface area contributed by atoms with Crippen LogP contribution in [-0.2, 0) is 14.6 Å². The van der Waals surface area contributed by atoms with Gasteiger partial charge in [-0.3, -0.25) is 4.79 Å². The van der Waals surface area contributed by atoms with Crippen molar-refractivity contribution in [1.82, 2.24) is 0 Å². The van der Waals surface area contributed by atoms with Crippen LogP contribution in [-0.4, -0.2) is 37.5 Å². The summed E-state index contributed by atoms with van der Waals surface area (Å²) in [4.78, 5) is 11.5. The van der Waals surface area contributed by atoms with Crippen molar-refractivity contribution in [2.75, 3.05) is 12.8 Å². The first kappa shape index (κ1) is 14.3. The first-order chi connectivity index (χ1) is 8.75. The lowest BCUT2D eigenvalue weighted by Gasteiger charge is -2.09. The standard InChI is InChI=1S/C12H14ClNO4S/c1-19(17,18)10-9(12(10,6-14)11(15)16)7-3-2-4-8(13)5-7/h2-5,9-10H,6,14H2,1H3,(H,15,16)/t9-,10+,12-/m0/s1. The average molecular weight is 304 g/mol. The highest BCUT2D eigenvalue weighted by atomic mass is 35.5. The van der Waals surface area contributed by atoms with Gasteiger partial charge in [0, 0.05) is 23.7 Å². The van der Waals surface area contributed by atoms with E-state index in [9.17, 15) is 18.3 Å². The van der Waals surface area contributed by atoms with E-state index in [4.69, 9.17) is 17.3 Å². The highest BCUT2D eigenvalue weighted by Crippen LogP contribution is 2.62. The molecule has 1 aliphatic carbocycles. The third kappa shape index (κ3) is 2.13. The molecule has 19 heavy (non-hydrogen) atoms. The molecule has 1 aromatic carbocycles. The Morgan fingerprint density at radius 1 is 1.53 bits per heavy atom. The summed E-state index contributed by atoms with van der Waals surface area (Å²) in [6, 6.07) is 6.58. The zero-order chi connectivity index (χ0) is 14.4. The van der Waals surface area contributed by atoms with Gasteiger partial charge >= 0.3 is 5.97 Å². The van der Waals surface area contributed by atoms with Crippen molar-refractivity contribution in [2.45, 2.75) is 11.2 Å². The molecule has 0 spiro atoms. The van der Waals surface area contributed by atoms with Crippen LogP contribution in [0.25, 0.3) is 0 Å². The molecule has 0 heterocycles. The van der Waals surface area contributed by atoms with E-state index in [1.165, 1.54) is 0 Å². The third-order valence-electron chi connectivity index (χ3n) is 3.66. The molecule has 0 aliphatic heterocycles. The summed E-state index contributed by atoms with van der Waals surface area (Å²) >= 11 is 5.87. The number of halogens is 1. The highest BCUT2D eigenvalue weighted by Gasteiger charge is 2.74. The zero-order valence-electron chi connectivity index (χ0n) is 10.2. The van der Waals surface area contributed by atoms with E-state index in [2.05, 4.69) is 0 Å². The molecule has 1 fully saturated rings. The van der Waals surface area contributed by atoms with Crippen LogP contribution < -0.4 is 5.73 Å². The van der Waals surface area contributed by atoms with Crippen LogP contribution in [0.3, 0.4) is 0 Å². The van der Waals surface area contributed by atoms with Crippen LogP contribution in [0.15, 0.2) is 24.3 Å². The predicted molar refractivity (Wildman–Crippen MR) is 71.9 cm³/mol. The van der Waals surface area contributed by atoms with Gasteiger partial charge in [-0.1, -0.05) is 23.7 Å². The predicted octanol–water partition coefficient (Wildman–Crippen LogP) is 0.880. The van der Waals surface area contributed by atoms with Gasteiger partial charge in [-0.15, -0.1) is 0 Å². The van der Waals surface area contributed by atoms with Gasteiger partial charge in [0.15, 0.2) is 9.84 Å². The molecular weight excluding hydrogens is 290 g/mol. The lowest BCUT2D eigenvalue weighted by Crippen LogP contribution is -2.31. The second-order valence-corrected chi connectivity index (χ2v) is 7.44. The number of carboxylic acids is 1. The Balaban J connectivity index is 2.53. The molecule has 0 radical (unpaired) electrons. The van der Waals surface area contributed by atoms with Crippen LogP contribution in [0.1, 0.15) is 11.5 Å². The van der Waals surface area contributed by atoms with E-state index in [-0.39, 0.29) is 6.54 Å². The Kier molecular flexibility index (Phi) is 3.36. The van der Waals surface area contributed by atoms with Gasteiger partial charge < -0.3 is 10.8 Å². The van der Waals surface area contributed by atoms with E-state index in [1.54, 1.807) is 24.3 Å². The van der Waals surface area contributed by atoms with Gasteiger partial charge in [-0.05, 0) is 17.7 Å². The third-order valence-corrected chi connectivity index (χ3v) is 5.51. The number of rotatable bonds is 4. The number of aliphatic carboxylic acids is 1. The van der Waals surface area contributed by atoms with Crippen LogP contribution >= 0.6 is 11.6 Å². The second-order valence-electron chi connectivity index (χ2n) is 4.83. The summed E-state index contributed by atoms with van der Waals surface area (Å²) in [6.07, 6.45) is 1.04. The Morgan fingerprint density at radius 2 is 2.16 bits per heavy atom. The van der Waals surface area contributed by atoms with Gasteiger partial charge in [0.05, 0.1) is 5.25 Å². The van der Waals surface area contributed by atoms with Crippen molar-refractivity contribution in [2.24, 2.45) is 11.1 Å². The maximum Gasteiger partial charge on any atom is 0.312 e. The highest BCUT2D eigenvalue weighted by molar-refractivity contribution is 7.91. The average Bonchev–Trinajstić information content (AvgIpc) is 2.99. The van der Waals surface area contributed by atoms with Crippen molar-refractivity contribution in [3.8, 4) is 0 Å². The molecule has 3 atom stereocenters. The number of sulfone groups is 1. The molecule has 0 unspecified atom stereocenters. The van der Waals surface area contributed by atoms with Crippen LogP contribution in [0, 0.1) is 5.41 Å². The minimum atomic E-state index is -3.51. The van der Waals surface area contributed by atoms with Gasteiger partial charge in [-0.2, -0.15) is 0 Å². The summed E-state index contributed by atoms with van der Waals surface area (Å²) < 4.78 is 23.6. The maximum atomic E-state index is 11.8. The molecule has 3 N–H and O–H groups in total. The van der Waals surface area contributed by atoms with E-state index in [0.717, 1.165) is 6.26 Å². The number of carboxylic acid groups (broad SMARTS) is 1. The lowest BCUT2D eigenvalue weighted by atomic mass is 9.99. The van der Waals surface area contributed by atoms with Crippen LogP contribution in [0.5, 0.6) is 0 Å². The van der Waals surface area contributed by atoms with E-state index in [0.29, 0.717) is 10.6 Å². The minimum Gasteiger partial charge on any atom is -0.481 e. The monoisotopic (exact) mass is 303 g/mol. The Hall–Kier alpha value is -1.11. The molecule has 0 aromatic heterocycles. The van der Waals surface area contributed by atoms with Gasteiger partial charge in [0.2, 0.25) is 0 Å². The van der Waals surface area contributed by atoms with E-state index in [1.807, 2.05) is 0 Å². The fourth-order valence-corrected chi connectivity index (χ4v) is 4.91. The van der Waals surface area contributed by atoms with Crippen molar-refractivity contribution < 1.29 is 18.3 Å². The number of carbonyl (C=O) groups is 1. The summed E-state index contributed by atoms with van der Waals surface area (Å²) in [6.45, 7) is -0.225. The van der Waals surface area contributed by atoms with Crippen molar-refractivity contribution in [1.29, 1.82) is 0 Å². The first-order valence-corrected chi connectivity index (χ1v) is 7.96. The van der Waals surface area contributed by atoms with Crippen LogP contribution in [0.2, 0.25) is 5.02 Å². The van der Waals surface area contributed by atoms with E-state index >= 15 is 0 Å². The number of benzene rings is 1.